The lowest BCUT2D eigenvalue weighted by atomic mass is 9.95. The van der Waals surface area contributed by atoms with E-state index in [-0.39, 0.29) is 6.10 Å². The molecule has 1 N–H and O–H groups in total. The Balaban J connectivity index is 1.94. The fourth-order valence-electron chi connectivity index (χ4n) is 2.65. The Morgan fingerprint density at radius 1 is 1.38 bits per heavy atom. The molecule has 2 unspecified atom stereocenters. The van der Waals surface area contributed by atoms with Gasteiger partial charge in [-0.3, -0.25) is 0 Å². The lowest BCUT2D eigenvalue weighted by Gasteiger charge is -2.28. The molecule has 1 saturated carbocycles. The first-order valence-corrected chi connectivity index (χ1v) is 8.15. The zero-order valence-corrected chi connectivity index (χ0v) is 13.7. The Hall–Kier alpha value is -0.840. The van der Waals surface area contributed by atoms with Crippen LogP contribution in [0.5, 0.6) is 5.88 Å². The van der Waals surface area contributed by atoms with Crippen molar-refractivity contribution < 1.29 is 9.47 Å². The molecule has 0 bridgehead atoms. The van der Waals surface area contributed by atoms with Gasteiger partial charge in [-0.2, -0.15) is 0 Å². The average molecular weight is 313 g/mol. The summed E-state index contributed by atoms with van der Waals surface area (Å²) in [5.41, 5.74) is 1.04. The third-order valence-electron chi connectivity index (χ3n) is 3.85. The van der Waals surface area contributed by atoms with Crippen LogP contribution >= 0.6 is 11.6 Å². The van der Waals surface area contributed by atoms with Gasteiger partial charge in [-0.1, -0.05) is 18.5 Å². The summed E-state index contributed by atoms with van der Waals surface area (Å²) in [6.45, 7) is 3.87. The van der Waals surface area contributed by atoms with Gasteiger partial charge in [-0.25, -0.2) is 4.98 Å². The summed E-state index contributed by atoms with van der Waals surface area (Å²) >= 11 is 6.19. The molecule has 5 heteroatoms. The van der Waals surface area contributed by atoms with Gasteiger partial charge in [0.25, 0.3) is 0 Å². The highest BCUT2D eigenvalue weighted by atomic mass is 35.5. The van der Waals surface area contributed by atoms with Gasteiger partial charge in [0.05, 0.1) is 11.1 Å². The number of nitrogens with one attached hydrogen (secondary N) is 1. The standard InChI is InChI=1S/C16H25ClN2O2/c1-3-7-18-10-12-8-16(19-11-15(12)17)21-14-6-4-5-13(9-14)20-2/h8,11,13-14,18H,3-7,9-10H2,1-2H3. The van der Waals surface area contributed by atoms with Crippen LogP contribution in [0.25, 0.3) is 0 Å². The van der Waals surface area contributed by atoms with Crippen LogP contribution in [-0.4, -0.2) is 30.8 Å². The van der Waals surface area contributed by atoms with Gasteiger partial charge in [0.15, 0.2) is 0 Å². The van der Waals surface area contributed by atoms with Crippen molar-refractivity contribution in [3.05, 3.63) is 22.8 Å². The maximum atomic E-state index is 6.19. The maximum Gasteiger partial charge on any atom is 0.213 e. The van der Waals surface area contributed by atoms with Crippen LogP contribution in [0.2, 0.25) is 5.02 Å². The molecular formula is C16H25ClN2O2. The van der Waals surface area contributed by atoms with Crippen LogP contribution in [-0.2, 0) is 11.3 Å². The van der Waals surface area contributed by atoms with E-state index < -0.39 is 0 Å². The first-order valence-electron chi connectivity index (χ1n) is 7.77. The van der Waals surface area contributed by atoms with Crippen molar-refractivity contribution in [2.24, 2.45) is 0 Å². The number of aromatic nitrogens is 1. The van der Waals surface area contributed by atoms with E-state index in [0.717, 1.165) is 50.8 Å². The fourth-order valence-corrected chi connectivity index (χ4v) is 2.82. The van der Waals surface area contributed by atoms with Crippen molar-refractivity contribution in [1.29, 1.82) is 0 Å². The predicted octanol–water partition coefficient (Wildman–Crippen LogP) is 3.57. The zero-order chi connectivity index (χ0) is 15.1. The molecule has 0 radical (unpaired) electrons. The Bertz CT molecular complexity index is 442. The van der Waals surface area contributed by atoms with Crippen LogP contribution in [0.1, 0.15) is 44.6 Å². The number of rotatable bonds is 7. The monoisotopic (exact) mass is 312 g/mol. The fraction of sp³-hybridized carbons (Fsp3) is 0.688. The van der Waals surface area contributed by atoms with Gasteiger partial charge in [0.1, 0.15) is 6.10 Å². The molecule has 0 aromatic carbocycles. The van der Waals surface area contributed by atoms with E-state index in [4.69, 9.17) is 21.1 Å². The van der Waals surface area contributed by atoms with E-state index in [1.165, 1.54) is 0 Å². The molecule has 1 aliphatic carbocycles. The van der Waals surface area contributed by atoms with Gasteiger partial charge in [0, 0.05) is 32.3 Å². The maximum absolute atomic E-state index is 6.19. The first-order chi connectivity index (χ1) is 10.2. The Labute approximate surface area is 132 Å². The minimum atomic E-state index is 0.189. The molecule has 1 fully saturated rings. The highest BCUT2D eigenvalue weighted by molar-refractivity contribution is 6.31. The summed E-state index contributed by atoms with van der Waals surface area (Å²) < 4.78 is 11.4. The topological polar surface area (TPSA) is 43.4 Å². The van der Waals surface area contributed by atoms with Gasteiger partial charge in [-0.15, -0.1) is 0 Å². The van der Waals surface area contributed by atoms with Crippen molar-refractivity contribution in [2.75, 3.05) is 13.7 Å². The Kier molecular flexibility index (Phi) is 6.74. The van der Waals surface area contributed by atoms with E-state index >= 15 is 0 Å². The smallest absolute Gasteiger partial charge is 0.213 e. The summed E-state index contributed by atoms with van der Waals surface area (Å²) in [6.07, 6.45) is 7.54. The van der Waals surface area contributed by atoms with Crippen molar-refractivity contribution in [1.82, 2.24) is 10.3 Å². The molecular weight excluding hydrogens is 288 g/mol. The van der Waals surface area contributed by atoms with E-state index in [9.17, 15) is 0 Å². The molecule has 1 aromatic heterocycles. The number of ether oxygens (including phenoxy) is 2. The van der Waals surface area contributed by atoms with E-state index in [0.29, 0.717) is 17.0 Å². The number of methoxy groups -OCH3 is 1. The summed E-state index contributed by atoms with van der Waals surface area (Å²) in [7, 11) is 1.77. The number of hydrogen-bond donors (Lipinski definition) is 1. The Morgan fingerprint density at radius 3 is 2.95 bits per heavy atom. The van der Waals surface area contributed by atoms with E-state index in [1.807, 2.05) is 6.07 Å². The normalized spacial score (nSPS) is 22.2. The molecule has 0 amide bonds. The summed E-state index contributed by atoms with van der Waals surface area (Å²) in [6, 6.07) is 1.95. The molecule has 1 aliphatic rings. The molecule has 0 aliphatic heterocycles. The van der Waals surface area contributed by atoms with Crippen LogP contribution in [0.15, 0.2) is 12.3 Å². The second-order valence-electron chi connectivity index (χ2n) is 5.55. The molecule has 1 aromatic rings. The SMILES string of the molecule is CCCNCc1cc(OC2CCCC(OC)C2)ncc1Cl. The molecule has 4 nitrogen and oxygen atoms in total. The highest BCUT2D eigenvalue weighted by Crippen LogP contribution is 2.26. The molecule has 2 rings (SSSR count). The quantitative estimate of drug-likeness (QED) is 0.782. The van der Waals surface area contributed by atoms with Gasteiger partial charge in [-0.05, 0) is 37.8 Å². The van der Waals surface area contributed by atoms with Crippen molar-refractivity contribution in [3.8, 4) is 5.88 Å². The third kappa shape index (κ3) is 5.13. The van der Waals surface area contributed by atoms with E-state index in [2.05, 4.69) is 17.2 Å². The molecule has 2 atom stereocenters. The molecule has 0 spiro atoms. The van der Waals surface area contributed by atoms with Crippen LogP contribution in [0, 0.1) is 0 Å². The van der Waals surface area contributed by atoms with Gasteiger partial charge in [0.2, 0.25) is 5.88 Å². The minimum absolute atomic E-state index is 0.189. The largest absolute Gasteiger partial charge is 0.474 e. The van der Waals surface area contributed by atoms with Crippen molar-refractivity contribution >= 4 is 11.6 Å². The van der Waals surface area contributed by atoms with Crippen LogP contribution in [0.4, 0.5) is 0 Å². The lowest BCUT2D eigenvalue weighted by molar-refractivity contribution is 0.0195. The van der Waals surface area contributed by atoms with Crippen LogP contribution in [0.3, 0.4) is 0 Å². The molecule has 1 heterocycles. The second kappa shape index (κ2) is 8.57. The highest BCUT2D eigenvalue weighted by Gasteiger charge is 2.23. The lowest BCUT2D eigenvalue weighted by Crippen LogP contribution is -2.29. The first kappa shape index (κ1) is 16.5. The summed E-state index contributed by atoms with van der Waals surface area (Å²) in [4.78, 5) is 4.29. The second-order valence-corrected chi connectivity index (χ2v) is 5.96. The Morgan fingerprint density at radius 2 is 2.19 bits per heavy atom. The number of halogens is 1. The minimum Gasteiger partial charge on any atom is -0.474 e. The predicted molar refractivity (Wildman–Crippen MR) is 84.9 cm³/mol. The number of nitrogens with zero attached hydrogens (tertiary/aromatic N) is 1. The molecule has 0 saturated heterocycles. The number of hydrogen-bond acceptors (Lipinski definition) is 4. The molecule has 118 valence electrons. The number of pyridine rings is 1. The van der Waals surface area contributed by atoms with Gasteiger partial charge < -0.3 is 14.8 Å². The average Bonchev–Trinajstić information content (AvgIpc) is 2.51. The third-order valence-corrected chi connectivity index (χ3v) is 4.19. The summed E-state index contributed by atoms with van der Waals surface area (Å²) in [5, 5.41) is 4.04. The molecule has 21 heavy (non-hydrogen) atoms. The summed E-state index contributed by atoms with van der Waals surface area (Å²) in [5.74, 6) is 0.662. The zero-order valence-electron chi connectivity index (χ0n) is 12.9. The van der Waals surface area contributed by atoms with E-state index in [1.54, 1.807) is 13.3 Å². The van der Waals surface area contributed by atoms with Crippen molar-refractivity contribution in [3.63, 3.8) is 0 Å². The van der Waals surface area contributed by atoms with Crippen molar-refractivity contribution in [2.45, 2.75) is 57.8 Å². The van der Waals surface area contributed by atoms with Crippen LogP contribution < -0.4 is 10.1 Å². The van der Waals surface area contributed by atoms with Gasteiger partial charge >= 0.3 is 0 Å².